The van der Waals surface area contributed by atoms with Crippen LogP contribution in [0.2, 0.25) is 0 Å². The van der Waals surface area contributed by atoms with Gasteiger partial charge in [0.05, 0.1) is 0 Å². The third-order valence-corrected chi connectivity index (χ3v) is 6.18. The Hall–Kier alpha value is -3.49. The van der Waals surface area contributed by atoms with Crippen LogP contribution in [-0.4, -0.2) is 47.7 Å². The van der Waals surface area contributed by atoms with Crippen LogP contribution in [0.4, 0.5) is 13.6 Å². The molecule has 33 heavy (non-hydrogen) atoms. The molecular weight excluding hydrogens is 434 g/mol. The van der Waals surface area contributed by atoms with Gasteiger partial charge in [-0.05, 0) is 41.5 Å². The van der Waals surface area contributed by atoms with Crippen molar-refractivity contribution >= 4 is 18.0 Å². The summed E-state index contributed by atoms with van der Waals surface area (Å²) < 4.78 is 31.8. The first-order valence-corrected chi connectivity index (χ1v) is 10.7. The van der Waals surface area contributed by atoms with E-state index >= 15 is 0 Å². The number of hydrogen-bond acceptors (Lipinski definition) is 4. The molecule has 2 aromatic carbocycles. The first kappa shape index (κ1) is 22.7. The number of alkyl halides is 2. The minimum absolute atomic E-state index is 0.00804. The van der Waals surface area contributed by atoms with Gasteiger partial charge in [-0.2, -0.15) is 0 Å². The fourth-order valence-corrected chi connectivity index (χ4v) is 4.18. The Morgan fingerprint density at radius 1 is 1.03 bits per heavy atom. The predicted molar refractivity (Wildman–Crippen MR) is 115 cm³/mol. The molecule has 9 heteroatoms. The lowest BCUT2D eigenvalue weighted by molar-refractivity contribution is -0.137. The number of halogens is 2. The van der Waals surface area contributed by atoms with Crippen molar-refractivity contribution in [3.63, 3.8) is 0 Å². The fourth-order valence-electron chi connectivity index (χ4n) is 4.18. The van der Waals surface area contributed by atoms with Crippen LogP contribution in [0, 0.1) is 0 Å². The lowest BCUT2D eigenvalue weighted by Gasteiger charge is -2.22. The lowest BCUT2D eigenvalue weighted by Crippen LogP contribution is -2.52. The number of fused-ring (bicyclic) bond motifs is 3. The molecule has 174 valence electrons. The van der Waals surface area contributed by atoms with Crippen molar-refractivity contribution in [3.05, 3.63) is 59.7 Å². The van der Waals surface area contributed by atoms with Crippen LogP contribution in [0.25, 0.3) is 11.1 Å². The van der Waals surface area contributed by atoms with Crippen LogP contribution in [0.5, 0.6) is 0 Å². The van der Waals surface area contributed by atoms with E-state index in [2.05, 4.69) is 10.6 Å². The van der Waals surface area contributed by atoms with Gasteiger partial charge in [0.15, 0.2) is 0 Å². The Balaban J connectivity index is 1.41. The zero-order chi connectivity index (χ0) is 23.6. The summed E-state index contributed by atoms with van der Waals surface area (Å²) in [6.45, 7) is 0.00804. The van der Waals surface area contributed by atoms with Gasteiger partial charge in [-0.15, -0.1) is 0 Å². The average Bonchev–Trinajstić information content (AvgIpc) is 3.51. The molecule has 0 saturated heterocycles. The molecule has 1 fully saturated rings. The van der Waals surface area contributed by atoms with Gasteiger partial charge in [-0.1, -0.05) is 48.5 Å². The van der Waals surface area contributed by atoms with Crippen LogP contribution < -0.4 is 10.6 Å². The van der Waals surface area contributed by atoms with Gasteiger partial charge in [0.2, 0.25) is 5.91 Å². The Labute approximate surface area is 189 Å². The molecule has 2 aliphatic rings. The molecule has 2 amide bonds. The average molecular weight is 458 g/mol. The highest BCUT2D eigenvalue weighted by atomic mass is 19.3. The second-order valence-electron chi connectivity index (χ2n) is 8.40. The molecule has 1 saturated carbocycles. The second-order valence-corrected chi connectivity index (χ2v) is 8.40. The van der Waals surface area contributed by atoms with E-state index in [0.29, 0.717) is 0 Å². The summed E-state index contributed by atoms with van der Waals surface area (Å²) >= 11 is 0. The maximum atomic E-state index is 13.2. The Bertz CT molecular complexity index is 1020. The molecule has 0 spiro atoms. The minimum atomic E-state index is -2.74. The van der Waals surface area contributed by atoms with Crippen LogP contribution in [0.1, 0.15) is 42.7 Å². The number of alkyl carbamates (subject to hydrolysis) is 1. The van der Waals surface area contributed by atoms with E-state index in [1.165, 1.54) is 0 Å². The molecule has 1 unspecified atom stereocenters. The highest BCUT2D eigenvalue weighted by Gasteiger charge is 2.53. The monoisotopic (exact) mass is 458 g/mol. The molecule has 0 bridgehead atoms. The van der Waals surface area contributed by atoms with E-state index in [4.69, 9.17) is 9.84 Å². The molecule has 3 N–H and O–H groups in total. The third kappa shape index (κ3) is 4.81. The summed E-state index contributed by atoms with van der Waals surface area (Å²) in [5.41, 5.74) is 2.55. The number of hydrogen-bond donors (Lipinski definition) is 3. The standard InChI is InChI=1S/C24H24F2N2O5/c25-22(26)24(11-12-24)28-21(31)19(9-10-20(29)30)27-23(32)33-13-18-16-7-3-1-5-14(16)15-6-2-4-8-17(15)18/h1-8,18-19,22H,9-13H2,(H,27,32)(H,28,31)(H,29,30). The maximum absolute atomic E-state index is 13.2. The lowest BCUT2D eigenvalue weighted by atomic mass is 9.98. The summed E-state index contributed by atoms with van der Waals surface area (Å²) in [5, 5.41) is 13.6. The van der Waals surface area contributed by atoms with Gasteiger partial charge in [-0.3, -0.25) is 9.59 Å². The second kappa shape index (κ2) is 9.17. The number of carboxylic acid groups (broad SMARTS) is 1. The van der Waals surface area contributed by atoms with Gasteiger partial charge in [-0.25, -0.2) is 13.6 Å². The van der Waals surface area contributed by atoms with Crippen molar-refractivity contribution in [2.45, 2.75) is 49.6 Å². The van der Waals surface area contributed by atoms with Crippen molar-refractivity contribution in [2.75, 3.05) is 6.61 Å². The van der Waals surface area contributed by atoms with Crippen molar-refractivity contribution in [3.8, 4) is 11.1 Å². The van der Waals surface area contributed by atoms with Crippen LogP contribution in [0.3, 0.4) is 0 Å². The quantitative estimate of drug-likeness (QED) is 0.532. The Morgan fingerprint density at radius 3 is 2.12 bits per heavy atom. The number of carbonyl (C=O) groups is 3. The molecule has 2 aromatic rings. The Morgan fingerprint density at radius 2 is 1.61 bits per heavy atom. The summed E-state index contributed by atoms with van der Waals surface area (Å²) in [7, 11) is 0. The van der Waals surface area contributed by atoms with E-state index < -0.39 is 42.4 Å². The van der Waals surface area contributed by atoms with E-state index in [1.807, 2.05) is 48.5 Å². The first-order valence-electron chi connectivity index (χ1n) is 10.7. The van der Waals surface area contributed by atoms with Crippen molar-refractivity contribution in [2.24, 2.45) is 0 Å². The molecule has 0 radical (unpaired) electrons. The van der Waals surface area contributed by atoms with E-state index in [1.54, 1.807) is 0 Å². The SMILES string of the molecule is O=C(O)CCC(NC(=O)OCC1c2ccccc2-c2ccccc21)C(=O)NC1(C(F)F)CC1. The van der Waals surface area contributed by atoms with Gasteiger partial charge >= 0.3 is 12.1 Å². The number of ether oxygens (including phenoxy) is 1. The number of amides is 2. The molecule has 4 rings (SSSR count). The van der Waals surface area contributed by atoms with Gasteiger partial charge in [0.1, 0.15) is 18.2 Å². The van der Waals surface area contributed by atoms with E-state index in [9.17, 15) is 23.2 Å². The predicted octanol–water partition coefficient (Wildman–Crippen LogP) is 3.67. The van der Waals surface area contributed by atoms with Crippen LogP contribution in [-0.2, 0) is 14.3 Å². The molecule has 0 heterocycles. The molecule has 7 nitrogen and oxygen atoms in total. The third-order valence-electron chi connectivity index (χ3n) is 6.18. The highest BCUT2D eigenvalue weighted by molar-refractivity contribution is 5.87. The van der Waals surface area contributed by atoms with Crippen LogP contribution in [0.15, 0.2) is 48.5 Å². The largest absolute Gasteiger partial charge is 0.481 e. The van der Waals surface area contributed by atoms with Crippen molar-refractivity contribution in [1.82, 2.24) is 10.6 Å². The topological polar surface area (TPSA) is 105 Å². The summed E-state index contributed by atoms with van der Waals surface area (Å²) in [6, 6.07) is 14.3. The number of benzene rings is 2. The van der Waals surface area contributed by atoms with Crippen molar-refractivity contribution < 1.29 is 33.0 Å². The zero-order valence-electron chi connectivity index (χ0n) is 17.7. The van der Waals surface area contributed by atoms with Gasteiger partial charge < -0.3 is 20.5 Å². The molecule has 1 atom stereocenters. The van der Waals surface area contributed by atoms with E-state index in [-0.39, 0.29) is 31.8 Å². The number of nitrogens with one attached hydrogen (secondary N) is 2. The highest BCUT2D eigenvalue weighted by Crippen LogP contribution is 2.44. The molecule has 2 aliphatic carbocycles. The normalized spacial score (nSPS) is 16.5. The number of carbonyl (C=O) groups excluding carboxylic acids is 2. The Kier molecular flexibility index (Phi) is 6.31. The smallest absolute Gasteiger partial charge is 0.407 e. The molecule has 0 aromatic heterocycles. The van der Waals surface area contributed by atoms with Crippen LogP contribution >= 0.6 is 0 Å². The molecule has 0 aliphatic heterocycles. The van der Waals surface area contributed by atoms with E-state index in [0.717, 1.165) is 22.3 Å². The summed E-state index contributed by atoms with van der Waals surface area (Å²) in [6.07, 6.45) is -4.05. The molecular formula is C24H24F2N2O5. The minimum Gasteiger partial charge on any atom is -0.481 e. The van der Waals surface area contributed by atoms with Gasteiger partial charge in [0.25, 0.3) is 6.43 Å². The number of rotatable bonds is 9. The van der Waals surface area contributed by atoms with Gasteiger partial charge in [0, 0.05) is 12.3 Å². The maximum Gasteiger partial charge on any atom is 0.407 e. The summed E-state index contributed by atoms with van der Waals surface area (Å²) in [4.78, 5) is 36.0. The zero-order valence-corrected chi connectivity index (χ0v) is 17.7. The fraction of sp³-hybridized carbons (Fsp3) is 0.375. The summed E-state index contributed by atoms with van der Waals surface area (Å²) in [5.74, 6) is -2.21. The van der Waals surface area contributed by atoms with Crippen molar-refractivity contribution in [1.29, 1.82) is 0 Å². The number of aliphatic carboxylic acids is 1. The number of carboxylic acids is 1. The first-order chi connectivity index (χ1) is 15.8.